The zero-order chi connectivity index (χ0) is 14.8. The molecule has 0 heterocycles. The van der Waals surface area contributed by atoms with Gasteiger partial charge in [-0.1, -0.05) is 25.5 Å². The molecule has 6 heteroatoms. The number of nitrogens with two attached hydrogens (primary N) is 1. The molecule has 0 aliphatic carbocycles. The van der Waals surface area contributed by atoms with Crippen molar-refractivity contribution in [1.29, 1.82) is 0 Å². The van der Waals surface area contributed by atoms with E-state index in [4.69, 9.17) is 15.2 Å². The largest absolute Gasteiger partial charge is 0.497 e. The number of methoxy groups -OCH3 is 1. The first-order valence-corrected chi connectivity index (χ1v) is 6.91. The summed E-state index contributed by atoms with van der Waals surface area (Å²) in [6.45, 7) is 3.47. The second-order valence-electron chi connectivity index (χ2n) is 4.59. The van der Waals surface area contributed by atoms with E-state index in [1.807, 2.05) is 31.2 Å². The molecule has 0 aromatic heterocycles. The van der Waals surface area contributed by atoms with Gasteiger partial charge in [-0.3, -0.25) is 4.79 Å². The molecule has 0 saturated heterocycles. The number of hydrogen-bond donors (Lipinski definition) is 2. The molecule has 0 fully saturated rings. The number of nitrogens with one attached hydrogen (secondary N) is 1. The molecule has 1 rings (SSSR count). The summed E-state index contributed by atoms with van der Waals surface area (Å²) in [5, 5.41) is 2.76. The Morgan fingerprint density at radius 2 is 2.00 bits per heavy atom. The standard InChI is InChI=1S/C15H24N2O3.ClH/c1-3-4-14(16)15(18)17-9-10-20-11-12-5-7-13(19-2)8-6-12;/h5-8,14H,3-4,9-11,16H2,1-2H3,(H,17,18);1H. The quantitative estimate of drug-likeness (QED) is 0.682. The molecule has 0 aliphatic rings. The minimum atomic E-state index is -0.415. The van der Waals surface area contributed by atoms with Crippen LogP contribution < -0.4 is 15.8 Å². The fraction of sp³-hybridized carbons (Fsp3) is 0.533. The lowest BCUT2D eigenvalue weighted by Gasteiger charge is -2.11. The Labute approximate surface area is 132 Å². The van der Waals surface area contributed by atoms with Crippen LogP contribution in [0.25, 0.3) is 0 Å². The summed E-state index contributed by atoms with van der Waals surface area (Å²) in [5.74, 6) is 0.714. The Morgan fingerprint density at radius 1 is 1.33 bits per heavy atom. The third-order valence-corrected chi connectivity index (χ3v) is 2.91. The van der Waals surface area contributed by atoms with Gasteiger partial charge in [0.25, 0.3) is 0 Å². The number of ether oxygens (including phenoxy) is 2. The first-order valence-electron chi connectivity index (χ1n) is 6.91. The van der Waals surface area contributed by atoms with E-state index in [0.717, 1.165) is 17.7 Å². The van der Waals surface area contributed by atoms with Crippen molar-refractivity contribution in [3.8, 4) is 5.75 Å². The third kappa shape index (κ3) is 7.90. The Kier molecular flexibility index (Phi) is 10.7. The number of hydrogen-bond acceptors (Lipinski definition) is 4. The topological polar surface area (TPSA) is 73.6 Å². The maximum atomic E-state index is 11.5. The summed E-state index contributed by atoms with van der Waals surface area (Å²) >= 11 is 0. The molecule has 1 aromatic carbocycles. The van der Waals surface area contributed by atoms with Crippen molar-refractivity contribution < 1.29 is 14.3 Å². The third-order valence-electron chi connectivity index (χ3n) is 2.91. The number of benzene rings is 1. The zero-order valence-electron chi connectivity index (χ0n) is 12.6. The van der Waals surface area contributed by atoms with E-state index in [1.165, 1.54) is 0 Å². The molecule has 1 aromatic rings. The normalized spacial score (nSPS) is 11.4. The molecular weight excluding hydrogens is 292 g/mol. The Morgan fingerprint density at radius 3 is 2.57 bits per heavy atom. The molecular formula is C15H25ClN2O3. The van der Waals surface area contributed by atoms with Crippen LogP contribution in [0.1, 0.15) is 25.3 Å². The van der Waals surface area contributed by atoms with E-state index in [1.54, 1.807) is 7.11 Å². The molecule has 5 nitrogen and oxygen atoms in total. The van der Waals surface area contributed by atoms with Gasteiger partial charge in [-0.05, 0) is 24.1 Å². The molecule has 0 bridgehead atoms. The highest BCUT2D eigenvalue weighted by atomic mass is 35.5. The lowest BCUT2D eigenvalue weighted by molar-refractivity contribution is -0.122. The van der Waals surface area contributed by atoms with Crippen LogP contribution in [0, 0.1) is 0 Å². The lowest BCUT2D eigenvalue weighted by Crippen LogP contribution is -2.41. The summed E-state index contributed by atoms with van der Waals surface area (Å²) in [7, 11) is 1.64. The van der Waals surface area contributed by atoms with Gasteiger partial charge >= 0.3 is 0 Å². The van der Waals surface area contributed by atoms with Crippen molar-refractivity contribution in [2.24, 2.45) is 5.73 Å². The average molecular weight is 317 g/mol. The summed E-state index contributed by atoms with van der Waals surface area (Å²) in [5.41, 5.74) is 6.77. The van der Waals surface area contributed by atoms with Gasteiger partial charge in [-0.15, -0.1) is 12.4 Å². The first-order chi connectivity index (χ1) is 9.67. The summed E-state index contributed by atoms with van der Waals surface area (Å²) in [4.78, 5) is 11.5. The van der Waals surface area contributed by atoms with E-state index in [9.17, 15) is 4.79 Å². The number of rotatable bonds is 9. The fourth-order valence-electron chi connectivity index (χ4n) is 1.73. The van der Waals surface area contributed by atoms with Crippen LogP contribution >= 0.6 is 12.4 Å². The van der Waals surface area contributed by atoms with Crippen LogP contribution in [0.15, 0.2) is 24.3 Å². The van der Waals surface area contributed by atoms with E-state index >= 15 is 0 Å². The molecule has 0 saturated carbocycles. The van der Waals surface area contributed by atoms with Gasteiger partial charge in [0, 0.05) is 6.54 Å². The van der Waals surface area contributed by atoms with E-state index in [2.05, 4.69) is 5.32 Å². The fourth-order valence-corrected chi connectivity index (χ4v) is 1.73. The highest BCUT2D eigenvalue weighted by Crippen LogP contribution is 2.11. The van der Waals surface area contributed by atoms with Crippen LogP contribution in [-0.4, -0.2) is 32.2 Å². The minimum Gasteiger partial charge on any atom is -0.497 e. The van der Waals surface area contributed by atoms with Crippen LogP contribution in [0.3, 0.4) is 0 Å². The van der Waals surface area contributed by atoms with Gasteiger partial charge in [0.15, 0.2) is 0 Å². The maximum Gasteiger partial charge on any atom is 0.236 e. The smallest absolute Gasteiger partial charge is 0.236 e. The molecule has 1 unspecified atom stereocenters. The summed E-state index contributed by atoms with van der Waals surface area (Å²) < 4.78 is 10.6. The van der Waals surface area contributed by atoms with Crippen molar-refractivity contribution in [3.05, 3.63) is 29.8 Å². The molecule has 0 aliphatic heterocycles. The van der Waals surface area contributed by atoms with Crippen molar-refractivity contribution in [1.82, 2.24) is 5.32 Å². The average Bonchev–Trinajstić information content (AvgIpc) is 2.47. The predicted molar refractivity (Wildman–Crippen MR) is 85.8 cm³/mol. The van der Waals surface area contributed by atoms with Crippen LogP contribution in [-0.2, 0) is 16.1 Å². The van der Waals surface area contributed by atoms with Gasteiger partial charge in [-0.2, -0.15) is 0 Å². The van der Waals surface area contributed by atoms with Gasteiger partial charge in [-0.25, -0.2) is 0 Å². The van der Waals surface area contributed by atoms with Crippen LogP contribution in [0.2, 0.25) is 0 Å². The number of carbonyl (C=O) groups is 1. The summed E-state index contributed by atoms with van der Waals surface area (Å²) in [6, 6.07) is 7.28. The molecule has 3 N–H and O–H groups in total. The maximum absolute atomic E-state index is 11.5. The Bertz CT molecular complexity index is 398. The molecule has 1 amide bonds. The highest BCUT2D eigenvalue weighted by molar-refractivity contribution is 5.85. The van der Waals surface area contributed by atoms with E-state index in [0.29, 0.717) is 26.2 Å². The molecule has 120 valence electrons. The number of carbonyl (C=O) groups excluding carboxylic acids is 1. The van der Waals surface area contributed by atoms with E-state index in [-0.39, 0.29) is 18.3 Å². The Balaban J connectivity index is 0.00000400. The zero-order valence-corrected chi connectivity index (χ0v) is 13.4. The van der Waals surface area contributed by atoms with Crippen molar-refractivity contribution >= 4 is 18.3 Å². The van der Waals surface area contributed by atoms with Crippen LogP contribution in [0.4, 0.5) is 0 Å². The second kappa shape index (κ2) is 11.4. The Hall–Kier alpha value is -1.30. The van der Waals surface area contributed by atoms with Gasteiger partial charge in [0.2, 0.25) is 5.91 Å². The minimum absolute atomic E-state index is 0. The number of amides is 1. The summed E-state index contributed by atoms with van der Waals surface area (Å²) in [6.07, 6.45) is 1.61. The monoisotopic (exact) mass is 316 g/mol. The van der Waals surface area contributed by atoms with Gasteiger partial charge in [0.05, 0.1) is 26.4 Å². The molecule has 21 heavy (non-hydrogen) atoms. The predicted octanol–water partition coefficient (Wildman–Crippen LogP) is 1.88. The molecule has 0 spiro atoms. The second-order valence-corrected chi connectivity index (χ2v) is 4.59. The number of halogens is 1. The van der Waals surface area contributed by atoms with E-state index < -0.39 is 6.04 Å². The van der Waals surface area contributed by atoms with Crippen molar-refractivity contribution in [2.75, 3.05) is 20.3 Å². The first kappa shape index (κ1) is 19.7. The highest BCUT2D eigenvalue weighted by Gasteiger charge is 2.10. The molecule has 0 radical (unpaired) electrons. The van der Waals surface area contributed by atoms with Gasteiger partial charge in [0.1, 0.15) is 5.75 Å². The van der Waals surface area contributed by atoms with Crippen molar-refractivity contribution in [3.63, 3.8) is 0 Å². The SMILES string of the molecule is CCCC(N)C(=O)NCCOCc1ccc(OC)cc1.Cl. The van der Waals surface area contributed by atoms with Crippen LogP contribution in [0.5, 0.6) is 5.75 Å². The molecule has 1 atom stereocenters. The lowest BCUT2D eigenvalue weighted by atomic mass is 10.2. The van der Waals surface area contributed by atoms with Crippen molar-refractivity contribution in [2.45, 2.75) is 32.4 Å². The van der Waals surface area contributed by atoms with Gasteiger partial charge < -0.3 is 20.5 Å².